The SMILES string of the molecule is CC(C)=CCN1CC(CC(C)C)NCC1c1ccccc1. The smallest absolute Gasteiger partial charge is 0.0476 e. The van der Waals surface area contributed by atoms with E-state index in [1.165, 1.54) is 17.6 Å². The molecule has 0 bridgehead atoms. The number of hydrogen-bond donors (Lipinski definition) is 1. The van der Waals surface area contributed by atoms with Crippen molar-refractivity contribution < 1.29 is 0 Å². The number of piperazine rings is 1. The Kier molecular flexibility index (Phi) is 6.01. The van der Waals surface area contributed by atoms with Crippen LogP contribution < -0.4 is 5.32 Å². The first-order valence-electron chi connectivity index (χ1n) is 8.22. The van der Waals surface area contributed by atoms with E-state index in [2.05, 4.69) is 74.3 Å². The van der Waals surface area contributed by atoms with Gasteiger partial charge in [-0.1, -0.05) is 55.8 Å². The third-order valence-electron chi connectivity index (χ3n) is 4.17. The van der Waals surface area contributed by atoms with E-state index in [1.54, 1.807) is 0 Å². The summed E-state index contributed by atoms with van der Waals surface area (Å²) in [5, 5.41) is 3.75. The van der Waals surface area contributed by atoms with Gasteiger partial charge in [-0.3, -0.25) is 4.90 Å². The van der Waals surface area contributed by atoms with Crippen molar-refractivity contribution >= 4 is 0 Å². The Morgan fingerprint density at radius 3 is 2.62 bits per heavy atom. The van der Waals surface area contributed by atoms with Crippen molar-refractivity contribution in [2.24, 2.45) is 5.92 Å². The van der Waals surface area contributed by atoms with Gasteiger partial charge >= 0.3 is 0 Å². The molecule has 1 N–H and O–H groups in total. The van der Waals surface area contributed by atoms with Crippen LogP contribution in [0.4, 0.5) is 0 Å². The summed E-state index contributed by atoms with van der Waals surface area (Å²) in [4.78, 5) is 2.63. The van der Waals surface area contributed by atoms with Crippen LogP contribution in [0.2, 0.25) is 0 Å². The number of hydrogen-bond acceptors (Lipinski definition) is 2. The summed E-state index contributed by atoms with van der Waals surface area (Å²) in [7, 11) is 0. The zero-order valence-corrected chi connectivity index (χ0v) is 14.0. The highest BCUT2D eigenvalue weighted by atomic mass is 15.2. The average molecular weight is 286 g/mol. The average Bonchev–Trinajstić information content (AvgIpc) is 2.45. The minimum atomic E-state index is 0.491. The van der Waals surface area contributed by atoms with Crippen LogP contribution in [0.3, 0.4) is 0 Å². The molecule has 21 heavy (non-hydrogen) atoms. The molecule has 2 heteroatoms. The molecule has 1 aromatic carbocycles. The number of nitrogens with one attached hydrogen (secondary N) is 1. The van der Waals surface area contributed by atoms with Gasteiger partial charge < -0.3 is 5.32 Å². The van der Waals surface area contributed by atoms with Crippen molar-refractivity contribution in [1.82, 2.24) is 10.2 Å². The third-order valence-corrected chi connectivity index (χ3v) is 4.17. The van der Waals surface area contributed by atoms with Gasteiger partial charge in [-0.15, -0.1) is 0 Å². The van der Waals surface area contributed by atoms with Gasteiger partial charge in [0.1, 0.15) is 0 Å². The second-order valence-corrected chi connectivity index (χ2v) is 6.90. The minimum absolute atomic E-state index is 0.491. The highest BCUT2D eigenvalue weighted by Gasteiger charge is 2.28. The lowest BCUT2D eigenvalue weighted by molar-refractivity contribution is 0.136. The van der Waals surface area contributed by atoms with Crippen LogP contribution in [0.5, 0.6) is 0 Å². The molecular weight excluding hydrogens is 256 g/mol. The van der Waals surface area contributed by atoms with Crippen LogP contribution in [0, 0.1) is 5.92 Å². The van der Waals surface area contributed by atoms with Gasteiger partial charge in [0, 0.05) is 31.7 Å². The van der Waals surface area contributed by atoms with E-state index in [1.807, 2.05) is 0 Å². The molecule has 2 atom stereocenters. The number of rotatable bonds is 5. The molecule has 116 valence electrons. The van der Waals surface area contributed by atoms with Gasteiger partial charge in [0.05, 0.1) is 0 Å². The summed E-state index contributed by atoms with van der Waals surface area (Å²) in [5.41, 5.74) is 2.83. The molecule has 0 amide bonds. The molecule has 1 aliphatic heterocycles. The Balaban J connectivity index is 2.10. The summed E-state index contributed by atoms with van der Waals surface area (Å²) >= 11 is 0. The predicted molar refractivity (Wildman–Crippen MR) is 91.4 cm³/mol. The fourth-order valence-electron chi connectivity index (χ4n) is 3.11. The van der Waals surface area contributed by atoms with Crippen molar-refractivity contribution in [3.63, 3.8) is 0 Å². The lowest BCUT2D eigenvalue weighted by atomic mass is 9.96. The highest BCUT2D eigenvalue weighted by Crippen LogP contribution is 2.25. The predicted octanol–water partition coefficient (Wildman–Crippen LogP) is 4.01. The Bertz CT molecular complexity index is 446. The third kappa shape index (κ3) is 4.98. The molecule has 1 aromatic rings. The quantitative estimate of drug-likeness (QED) is 0.823. The monoisotopic (exact) mass is 286 g/mol. The molecule has 0 aromatic heterocycles. The van der Waals surface area contributed by atoms with Crippen LogP contribution in [0.15, 0.2) is 42.0 Å². The summed E-state index contributed by atoms with van der Waals surface area (Å²) in [5.74, 6) is 0.751. The van der Waals surface area contributed by atoms with Crippen LogP contribution in [0.1, 0.15) is 45.7 Å². The Labute approximate surface area is 130 Å². The zero-order chi connectivity index (χ0) is 15.2. The second kappa shape index (κ2) is 7.77. The van der Waals surface area contributed by atoms with Crippen LogP contribution in [-0.4, -0.2) is 30.6 Å². The normalized spacial score (nSPS) is 23.3. The van der Waals surface area contributed by atoms with Crippen molar-refractivity contribution in [2.75, 3.05) is 19.6 Å². The van der Waals surface area contributed by atoms with Gasteiger partial charge in [-0.25, -0.2) is 0 Å². The summed E-state index contributed by atoms with van der Waals surface area (Å²) < 4.78 is 0. The number of allylic oxidation sites excluding steroid dienone is 1. The molecule has 0 radical (unpaired) electrons. The maximum absolute atomic E-state index is 3.75. The van der Waals surface area contributed by atoms with E-state index in [4.69, 9.17) is 0 Å². The van der Waals surface area contributed by atoms with Crippen molar-refractivity contribution in [2.45, 2.75) is 46.2 Å². The maximum Gasteiger partial charge on any atom is 0.0476 e. The van der Waals surface area contributed by atoms with Crippen molar-refractivity contribution in [1.29, 1.82) is 0 Å². The van der Waals surface area contributed by atoms with E-state index in [0.29, 0.717) is 12.1 Å². The van der Waals surface area contributed by atoms with Crippen molar-refractivity contribution in [3.05, 3.63) is 47.5 Å². The van der Waals surface area contributed by atoms with E-state index in [9.17, 15) is 0 Å². The number of benzene rings is 1. The largest absolute Gasteiger partial charge is 0.311 e. The molecule has 0 aliphatic carbocycles. The van der Waals surface area contributed by atoms with Gasteiger partial charge in [0.15, 0.2) is 0 Å². The van der Waals surface area contributed by atoms with E-state index >= 15 is 0 Å². The molecule has 1 aliphatic rings. The molecule has 2 rings (SSSR count). The van der Waals surface area contributed by atoms with Gasteiger partial charge in [-0.05, 0) is 31.7 Å². The first-order valence-corrected chi connectivity index (χ1v) is 8.22. The summed E-state index contributed by atoms with van der Waals surface area (Å²) in [6, 6.07) is 12.0. The molecule has 1 heterocycles. The molecule has 0 spiro atoms. The van der Waals surface area contributed by atoms with Gasteiger partial charge in [0.2, 0.25) is 0 Å². The second-order valence-electron chi connectivity index (χ2n) is 6.90. The molecule has 2 nitrogen and oxygen atoms in total. The maximum atomic E-state index is 3.75. The van der Waals surface area contributed by atoms with Crippen LogP contribution in [0.25, 0.3) is 0 Å². The van der Waals surface area contributed by atoms with Crippen molar-refractivity contribution in [3.8, 4) is 0 Å². The van der Waals surface area contributed by atoms with Gasteiger partial charge in [0.25, 0.3) is 0 Å². The summed E-state index contributed by atoms with van der Waals surface area (Å²) in [6.45, 7) is 12.2. The fourth-order valence-corrected chi connectivity index (χ4v) is 3.11. The molecule has 1 fully saturated rings. The zero-order valence-electron chi connectivity index (χ0n) is 14.0. The van der Waals surface area contributed by atoms with Crippen LogP contribution >= 0.6 is 0 Å². The topological polar surface area (TPSA) is 15.3 Å². The van der Waals surface area contributed by atoms with E-state index in [0.717, 1.165) is 25.6 Å². The number of nitrogens with zero attached hydrogens (tertiary/aromatic N) is 1. The molecule has 2 unspecified atom stereocenters. The molecule has 0 saturated carbocycles. The minimum Gasteiger partial charge on any atom is -0.311 e. The van der Waals surface area contributed by atoms with E-state index < -0.39 is 0 Å². The molecule has 1 saturated heterocycles. The first kappa shape index (κ1) is 16.3. The van der Waals surface area contributed by atoms with Gasteiger partial charge in [-0.2, -0.15) is 0 Å². The fraction of sp³-hybridized carbons (Fsp3) is 0.579. The van der Waals surface area contributed by atoms with E-state index in [-0.39, 0.29) is 0 Å². The first-order chi connectivity index (χ1) is 10.1. The van der Waals surface area contributed by atoms with Crippen LogP contribution in [-0.2, 0) is 0 Å². The standard InChI is InChI=1S/C19H30N2/c1-15(2)10-11-21-14-18(12-16(3)4)20-13-19(21)17-8-6-5-7-9-17/h5-10,16,18-20H,11-14H2,1-4H3. The summed E-state index contributed by atoms with van der Waals surface area (Å²) in [6.07, 6.45) is 3.61. The Hall–Kier alpha value is -1.12. The lowest BCUT2D eigenvalue weighted by Gasteiger charge is -2.41. The Morgan fingerprint density at radius 1 is 1.29 bits per heavy atom. The highest BCUT2D eigenvalue weighted by molar-refractivity contribution is 5.20. The lowest BCUT2D eigenvalue weighted by Crippen LogP contribution is -2.52. The Morgan fingerprint density at radius 2 is 2.00 bits per heavy atom. The molecular formula is C19H30N2.